The molecule has 2 rings (SSSR count). The van der Waals surface area contributed by atoms with Gasteiger partial charge in [0.15, 0.2) is 0 Å². The van der Waals surface area contributed by atoms with Gasteiger partial charge in [-0.1, -0.05) is 6.07 Å². The lowest BCUT2D eigenvalue weighted by atomic mass is 10.4. The minimum atomic E-state index is 1.00. The maximum absolute atomic E-state index is 3.47. The molecule has 0 unspecified atom stereocenters. The summed E-state index contributed by atoms with van der Waals surface area (Å²) >= 11 is 5.62. The Morgan fingerprint density at radius 3 is 2.94 bits per heavy atom. The van der Waals surface area contributed by atoms with Crippen LogP contribution in [0.25, 0.3) is 0 Å². The Hall–Kier alpha value is -0.290. The zero-order chi connectivity index (χ0) is 11.2. The van der Waals surface area contributed by atoms with Gasteiger partial charge in [0.1, 0.15) is 0 Å². The maximum Gasteiger partial charge on any atom is 0.0598 e. The molecule has 0 bridgehead atoms. The molecule has 86 valence electrons. The summed E-state index contributed by atoms with van der Waals surface area (Å²) in [4.78, 5) is 2.82. The van der Waals surface area contributed by atoms with E-state index in [-0.39, 0.29) is 0 Å². The van der Waals surface area contributed by atoms with Crippen LogP contribution in [0, 0.1) is 6.92 Å². The molecule has 0 radical (unpaired) electrons. The third kappa shape index (κ3) is 3.94. The predicted molar refractivity (Wildman–Crippen MR) is 75.8 cm³/mol. The summed E-state index contributed by atoms with van der Waals surface area (Å²) in [5.74, 6) is 1.14. The molecule has 0 atom stereocenters. The number of hydrogen-bond donors (Lipinski definition) is 1. The van der Waals surface area contributed by atoms with E-state index >= 15 is 0 Å². The lowest BCUT2D eigenvalue weighted by Crippen LogP contribution is -2.15. The molecule has 0 aromatic carbocycles. The van der Waals surface area contributed by atoms with Crippen molar-refractivity contribution in [3.05, 3.63) is 39.4 Å². The molecule has 0 aliphatic heterocycles. The van der Waals surface area contributed by atoms with Crippen LogP contribution in [0.1, 0.15) is 9.75 Å². The van der Waals surface area contributed by atoms with Gasteiger partial charge in [-0.15, -0.1) is 34.4 Å². The summed E-state index contributed by atoms with van der Waals surface area (Å²) in [5.41, 5.74) is 0. The van der Waals surface area contributed by atoms with Gasteiger partial charge in [0, 0.05) is 28.6 Å². The van der Waals surface area contributed by atoms with Crippen LogP contribution in [0.5, 0.6) is 0 Å². The zero-order valence-electron chi connectivity index (χ0n) is 9.23. The van der Waals surface area contributed by atoms with Crippen molar-refractivity contribution in [1.29, 1.82) is 0 Å². The van der Waals surface area contributed by atoms with E-state index < -0.39 is 0 Å². The van der Waals surface area contributed by atoms with Crippen molar-refractivity contribution >= 4 is 34.4 Å². The summed E-state index contributed by atoms with van der Waals surface area (Å²) in [5, 5.41) is 5.60. The van der Waals surface area contributed by atoms with E-state index in [0.717, 1.165) is 18.8 Å². The van der Waals surface area contributed by atoms with Gasteiger partial charge in [-0.05, 0) is 30.5 Å². The SMILES string of the molecule is Cc1ccc(CNCCSc2cccs2)s1. The van der Waals surface area contributed by atoms with Crippen molar-refractivity contribution in [3.63, 3.8) is 0 Å². The smallest absolute Gasteiger partial charge is 0.0598 e. The Balaban J connectivity index is 1.59. The summed E-state index contributed by atoms with van der Waals surface area (Å²) in [6.07, 6.45) is 0. The first-order chi connectivity index (χ1) is 7.84. The fourth-order valence-electron chi connectivity index (χ4n) is 1.36. The van der Waals surface area contributed by atoms with Gasteiger partial charge in [0.25, 0.3) is 0 Å². The fraction of sp³-hybridized carbons (Fsp3) is 0.333. The molecule has 1 nitrogen and oxygen atoms in total. The predicted octanol–water partition coefficient (Wildman–Crippen LogP) is 4.00. The van der Waals surface area contributed by atoms with Crippen LogP contribution in [0.3, 0.4) is 0 Å². The number of nitrogens with one attached hydrogen (secondary N) is 1. The van der Waals surface area contributed by atoms with E-state index in [4.69, 9.17) is 0 Å². The minimum Gasteiger partial charge on any atom is -0.311 e. The number of hydrogen-bond acceptors (Lipinski definition) is 4. The molecule has 0 spiro atoms. The summed E-state index contributed by atoms with van der Waals surface area (Å²) in [7, 11) is 0. The second kappa shape index (κ2) is 6.45. The van der Waals surface area contributed by atoms with Crippen LogP contribution in [0.4, 0.5) is 0 Å². The molecule has 0 fully saturated rings. The van der Waals surface area contributed by atoms with E-state index in [9.17, 15) is 0 Å². The highest BCUT2D eigenvalue weighted by molar-refractivity contribution is 8.01. The van der Waals surface area contributed by atoms with E-state index in [2.05, 4.69) is 41.9 Å². The number of aryl methyl sites for hydroxylation is 1. The minimum absolute atomic E-state index is 1.00. The van der Waals surface area contributed by atoms with E-state index in [1.807, 2.05) is 34.4 Å². The molecule has 0 amide bonds. The van der Waals surface area contributed by atoms with Gasteiger partial charge in [-0.25, -0.2) is 0 Å². The monoisotopic (exact) mass is 269 g/mol. The molecule has 0 saturated heterocycles. The van der Waals surface area contributed by atoms with Crippen molar-refractivity contribution in [2.75, 3.05) is 12.3 Å². The lowest BCUT2D eigenvalue weighted by Gasteiger charge is -2.01. The van der Waals surface area contributed by atoms with Gasteiger partial charge >= 0.3 is 0 Å². The summed E-state index contributed by atoms with van der Waals surface area (Å²) in [6.45, 7) is 4.23. The van der Waals surface area contributed by atoms with Crippen molar-refractivity contribution < 1.29 is 0 Å². The average molecular weight is 269 g/mol. The fourth-order valence-corrected chi connectivity index (χ4v) is 3.98. The van der Waals surface area contributed by atoms with E-state index in [0.29, 0.717) is 0 Å². The molecule has 1 N–H and O–H groups in total. The molecule has 16 heavy (non-hydrogen) atoms. The van der Waals surface area contributed by atoms with Crippen LogP contribution in [0.2, 0.25) is 0 Å². The molecular formula is C12H15NS3. The molecule has 2 aromatic rings. The van der Waals surface area contributed by atoms with Crippen LogP contribution >= 0.6 is 34.4 Å². The first kappa shape index (κ1) is 12.2. The first-order valence-corrected chi connectivity index (χ1v) is 7.95. The van der Waals surface area contributed by atoms with E-state index in [1.54, 1.807) is 0 Å². The van der Waals surface area contributed by atoms with Gasteiger partial charge in [-0.3, -0.25) is 0 Å². The Bertz CT molecular complexity index is 406. The highest BCUT2D eigenvalue weighted by Crippen LogP contribution is 2.22. The summed E-state index contributed by atoms with van der Waals surface area (Å²) < 4.78 is 1.41. The van der Waals surface area contributed by atoms with Crippen molar-refractivity contribution in [1.82, 2.24) is 5.32 Å². The highest BCUT2D eigenvalue weighted by atomic mass is 32.2. The molecule has 0 aliphatic rings. The second-order valence-corrected chi connectivity index (χ2v) is 7.18. The van der Waals surface area contributed by atoms with Gasteiger partial charge < -0.3 is 5.32 Å². The van der Waals surface area contributed by atoms with Crippen LogP contribution in [0.15, 0.2) is 33.9 Å². The van der Waals surface area contributed by atoms with Crippen LogP contribution in [-0.2, 0) is 6.54 Å². The largest absolute Gasteiger partial charge is 0.311 e. The van der Waals surface area contributed by atoms with Crippen molar-refractivity contribution in [2.24, 2.45) is 0 Å². The zero-order valence-corrected chi connectivity index (χ0v) is 11.7. The first-order valence-electron chi connectivity index (χ1n) is 5.27. The standard InChI is InChI=1S/C12H15NS3/c1-10-4-5-11(16-10)9-13-6-8-15-12-3-2-7-14-12/h2-5,7,13H,6,8-9H2,1H3. The molecule has 4 heteroatoms. The highest BCUT2D eigenvalue weighted by Gasteiger charge is 1.97. The van der Waals surface area contributed by atoms with Gasteiger partial charge in [0.05, 0.1) is 4.21 Å². The number of thiophene rings is 2. The topological polar surface area (TPSA) is 12.0 Å². The Labute approximate surface area is 109 Å². The molecular weight excluding hydrogens is 254 g/mol. The Morgan fingerprint density at radius 1 is 1.31 bits per heavy atom. The molecule has 2 heterocycles. The molecule has 0 saturated carbocycles. The molecule has 2 aromatic heterocycles. The van der Waals surface area contributed by atoms with Crippen LogP contribution in [-0.4, -0.2) is 12.3 Å². The Morgan fingerprint density at radius 2 is 2.25 bits per heavy atom. The summed E-state index contributed by atoms with van der Waals surface area (Å²) in [6, 6.07) is 8.67. The van der Waals surface area contributed by atoms with E-state index in [1.165, 1.54) is 14.0 Å². The van der Waals surface area contributed by atoms with Crippen LogP contribution < -0.4 is 5.32 Å². The average Bonchev–Trinajstić information content (AvgIpc) is 2.89. The number of rotatable bonds is 6. The van der Waals surface area contributed by atoms with Gasteiger partial charge in [-0.2, -0.15) is 0 Å². The van der Waals surface area contributed by atoms with Crippen molar-refractivity contribution in [3.8, 4) is 0 Å². The lowest BCUT2D eigenvalue weighted by molar-refractivity contribution is 0.741. The normalized spacial score (nSPS) is 10.8. The van der Waals surface area contributed by atoms with Gasteiger partial charge in [0.2, 0.25) is 0 Å². The Kier molecular flexibility index (Phi) is 4.91. The second-order valence-electron chi connectivity index (χ2n) is 3.47. The third-order valence-corrected chi connectivity index (χ3v) is 5.25. The van der Waals surface area contributed by atoms with Crippen molar-refractivity contribution in [2.45, 2.75) is 17.7 Å². The third-order valence-electron chi connectivity index (χ3n) is 2.11. The maximum atomic E-state index is 3.47. The number of thioether (sulfide) groups is 1. The quantitative estimate of drug-likeness (QED) is 0.628. The molecule has 0 aliphatic carbocycles.